The van der Waals surface area contributed by atoms with Gasteiger partial charge in [0.05, 0.1) is 40.7 Å². The van der Waals surface area contributed by atoms with Crippen molar-refractivity contribution in [2.75, 3.05) is 22.6 Å². The summed E-state index contributed by atoms with van der Waals surface area (Å²) in [4.78, 5) is 34.0. The maximum absolute atomic E-state index is 15.1. The van der Waals surface area contributed by atoms with E-state index in [0.29, 0.717) is 11.3 Å². The number of hydrogen-bond donors (Lipinski definition) is 1. The Balaban J connectivity index is 1.30. The van der Waals surface area contributed by atoms with Crippen molar-refractivity contribution in [1.82, 2.24) is 9.55 Å². The Morgan fingerprint density at radius 2 is 1.83 bits per heavy atom. The van der Waals surface area contributed by atoms with Crippen molar-refractivity contribution in [2.45, 2.75) is 30.4 Å². The molecule has 1 aliphatic heterocycles. The van der Waals surface area contributed by atoms with E-state index in [1.807, 2.05) is 0 Å². The highest BCUT2D eigenvalue weighted by atomic mass is 32.2. The number of aromatic nitrogens is 2. The maximum atomic E-state index is 15.1. The van der Waals surface area contributed by atoms with Crippen LogP contribution < -0.4 is 10.2 Å². The van der Waals surface area contributed by atoms with E-state index in [9.17, 15) is 40.0 Å². The third kappa shape index (κ3) is 7.55. The van der Waals surface area contributed by atoms with Crippen molar-refractivity contribution in [3.63, 3.8) is 0 Å². The molecule has 3 amide bonds. The molecule has 1 aromatic heterocycles. The van der Waals surface area contributed by atoms with Gasteiger partial charge in [-0.2, -0.15) is 18.2 Å². The predicted octanol–water partition coefficient (Wildman–Crippen LogP) is 6.73. The van der Waals surface area contributed by atoms with Gasteiger partial charge in [-0.05, 0) is 55.0 Å². The van der Waals surface area contributed by atoms with E-state index >= 15 is 4.39 Å². The summed E-state index contributed by atoms with van der Waals surface area (Å²) in [7, 11) is -5.51. The zero-order chi connectivity index (χ0) is 34.8. The zero-order valence-electron chi connectivity index (χ0n) is 24.5. The summed E-state index contributed by atoms with van der Waals surface area (Å²) in [5.74, 6) is -1.32. The lowest BCUT2D eigenvalue weighted by Crippen LogP contribution is -2.31. The molecule has 1 aliphatic rings. The lowest BCUT2D eigenvalue weighted by atomic mass is 10.1. The van der Waals surface area contributed by atoms with Crippen LogP contribution in [0.4, 0.5) is 42.5 Å². The monoisotopic (exact) mass is 711 g/mol. The molecule has 2 heterocycles. The number of aliphatic imine (C=N–C) groups is 1. The quantitative estimate of drug-likeness (QED) is 0.191. The number of thioether (sulfide) groups is 1. The molecule has 4 aromatic rings. The summed E-state index contributed by atoms with van der Waals surface area (Å²) in [6.07, 6.45) is 0.0527. The first kappa shape index (κ1) is 34.6. The number of carbonyl (C=O) groups excluding carboxylic acids is 2. The number of halogens is 6. The van der Waals surface area contributed by atoms with Gasteiger partial charge in [0.15, 0.2) is 5.17 Å². The number of nitrogens with zero attached hydrogens (tertiary/aromatic N) is 4. The molecule has 0 saturated carbocycles. The van der Waals surface area contributed by atoms with Crippen LogP contribution in [-0.4, -0.2) is 59.4 Å². The van der Waals surface area contributed by atoms with Crippen molar-refractivity contribution in [3.05, 3.63) is 90.1 Å². The van der Waals surface area contributed by atoms with Crippen LogP contribution in [-0.2, 0) is 26.0 Å². The first-order chi connectivity index (χ1) is 22.6. The standard InChI is InChI=1S/C30H23F6N5O5S2/c1-17-2-3-19(13-46-14-26(32)33)25(10-17)41-27(42)15-47-29(41)39-28(43)38-23-9-4-18(11-22(23)31)24-12-40(16-37-24)20-5-7-21(8-6-20)48(44,45)30(34,35)36/h2-12,16,26H,13-15H2,1H3,(H,38,43)/b39-29-. The molecular formula is C30H23F6N5O5S2. The van der Waals surface area contributed by atoms with E-state index < -0.39 is 51.0 Å². The number of amides is 3. The van der Waals surface area contributed by atoms with E-state index in [-0.39, 0.29) is 40.2 Å². The Hall–Kier alpha value is -4.68. The van der Waals surface area contributed by atoms with E-state index in [4.69, 9.17) is 4.74 Å². The van der Waals surface area contributed by atoms with Gasteiger partial charge >= 0.3 is 11.5 Å². The molecule has 0 radical (unpaired) electrons. The molecule has 0 spiro atoms. The number of urea groups is 1. The molecule has 1 N–H and O–H groups in total. The summed E-state index contributed by atoms with van der Waals surface area (Å²) < 4.78 is 108. The normalized spacial score (nSPS) is 14.7. The second kappa shape index (κ2) is 13.8. The summed E-state index contributed by atoms with van der Waals surface area (Å²) in [6, 6.07) is 11.7. The zero-order valence-corrected chi connectivity index (χ0v) is 26.2. The predicted molar refractivity (Wildman–Crippen MR) is 165 cm³/mol. The molecule has 0 aliphatic carbocycles. The number of amidine groups is 1. The number of benzene rings is 3. The van der Waals surface area contributed by atoms with Gasteiger partial charge in [-0.15, -0.1) is 0 Å². The third-order valence-electron chi connectivity index (χ3n) is 6.78. The Kier molecular flexibility index (Phi) is 9.97. The van der Waals surface area contributed by atoms with E-state index in [0.717, 1.165) is 47.7 Å². The minimum absolute atomic E-state index is 0.00943. The van der Waals surface area contributed by atoms with Crippen LogP contribution in [0.25, 0.3) is 16.9 Å². The van der Waals surface area contributed by atoms with Crippen molar-refractivity contribution < 1.29 is 49.1 Å². The lowest BCUT2D eigenvalue weighted by molar-refractivity contribution is -0.115. The van der Waals surface area contributed by atoms with Gasteiger partial charge in [0.25, 0.3) is 16.3 Å². The molecule has 3 aromatic carbocycles. The Bertz CT molecular complexity index is 2000. The van der Waals surface area contributed by atoms with Gasteiger partial charge in [-0.1, -0.05) is 30.0 Å². The van der Waals surface area contributed by atoms with Gasteiger partial charge in [-0.25, -0.2) is 31.4 Å². The molecule has 48 heavy (non-hydrogen) atoms. The van der Waals surface area contributed by atoms with Crippen LogP contribution in [0.5, 0.6) is 0 Å². The highest BCUT2D eigenvalue weighted by Crippen LogP contribution is 2.33. The molecular weight excluding hydrogens is 688 g/mol. The van der Waals surface area contributed by atoms with Gasteiger partial charge in [-0.3, -0.25) is 9.69 Å². The number of sulfone groups is 1. The van der Waals surface area contributed by atoms with E-state index in [1.165, 1.54) is 34.1 Å². The summed E-state index contributed by atoms with van der Waals surface area (Å²) in [6.45, 7) is 0.735. The topological polar surface area (TPSA) is 123 Å². The highest BCUT2D eigenvalue weighted by Gasteiger charge is 2.46. The molecule has 1 fully saturated rings. The van der Waals surface area contributed by atoms with Gasteiger partial charge < -0.3 is 14.6 Å². The van der Waals surface area contributed by atoms with Crippen LogP contribution in [0.3, 0.4) is 0 Å². The fourth-order valence-corrected chi connectivity index (χ4v) is 6.11. The van der Waals surface area contributed by atoms with Crippen LogP contribution in [0.2, 0.25) is 0 Å². The molecule has 10 nitrogen and oxygen atoms in total. The van der Waals surface area contributed by atoms with Crippen LogP contribution in [0, 0.1) is 12.7 Å². The molecule has 18 heteroatoms. The molecule has 252 valence electrons. The van der Waals surface area contributed by atoms with Crippen molar-refractivity contribution >= 4 is 50.1 Å². The van der Waals surface area contributed by atoms with Crippen molar-refractivity contribution in [2.24, 2.45) is 4.99 Å². The molecule has 0 atom stereocenters. The Morgan fingerprint density at radius 1 is 1.10 bits per heavy atom. The minimum Gasteiger partial charge on any atom is -0.371 e. The number of alkyl halides is 5. The second-order valence-electron chi connectivity index (χ2n) is 10.2. The van der Waals surface area contributed by atoms with Crippen LogP contribution in [0.1, 0.15) is 11.1 Å². The number of hydrogen-bond acceptors (Lipinski definition) is 7. The number of aryl methyl sites for hydroxylation is 1. The fraction of sp³-hybridized carbons (Fsp3) is 0.200. The average Bonchev–Trinajstić information content (AvgIpc) is 3.65. The summed E-state index contributed by atoms with van der Waals surface area (Å²) in [5, 5.41) is 2.31. The largest absolute Gasteiger partial charge is 0.501 e. The number of anilines is 2. The number of nitrogens with one attached hydrogen (secondary N) is 1. The minimum atomic E-state index is -5.51. The first-order valence-electron chi connectivity index (χ1n) is 13.7. The van der Waals surface area contributed by atoms with Crippen molar-refractivity contribution in [3.8, 4) is 16.9 Å². The van der Waals surface area contributed by atoms with E-state index in [1.54, 1.807) is 25.1 Å². The third-order valence-corrected chi connectivity index (χ3v) is 9.21. The number of ether oxygens (including phenoxy) is 1. The molecule has 0 unspecified atom stereocenters. The summed E-state index contributed by atoms with van der Waals surface area (Å²) in [5.41, 5.74) is -3.41. The highest BCUT2D eigenvalue weighted by molar-refractivity contribution is 8.15. The summed E-state index contributed by atoms with van der Waals surface area (Å²) >= 11 is 0.964. The fourth-order valence-electron chi connectivity index (χ4n) is 4.49. The molecule has 1 saturated heterocycles. The molecule has 0 bridgehead atoms. The SMILES string of the molecule is Cc1ccc(COCC(F)F)c(N2C(=O)CS/C2=N\C(=O)Nc2ccc(-c3cn(-c4ccc(S(=O)(=O)C(F)(F)F)cc4)cn3)cc2F)c1. The second-order valence-corrected chi connectivity index (χ2v) is 13.1. The Morgan fingerprint density at radius 3 is 2.50 bits per heavy atom. The number of carbonyl (C=O) groups is 2. The number of rotatable bonds is 9. The van der Waals surface area contributed by atoms with Gasteiger partial charge in [0.2, 0.25) is 5.91 Å². The van der Waals surface area contributed by atoms with E-state index in [2.05, 4.69) is 15.3 Å². The average molecular weight is 712 g/mol. The van der Waals surface area contributed by atoms with Gasteiger partial charge in [0, 0.05) is 23.0 Å². The van der Waals surface area contributed by atoms with Gasteiger partial charge in [0.1, 0.15) is 12.4 Å². The molecule has 5 rings (SSSR count). The van der Waals surface area contributed by atoms with Crippen LogP contribution in [0.15, 0.2) is 83.1 Å². The Labute approximate surface area is 273 Å². The smallest absolute Gasteiger partial charge is 0.371 e. The number of imidazole rings is 1. The first-order valence-corrected chi connectivity index (χ1v) is 16.2. The van der Waals surface area contributed by atoms with Crippen LogP contribution >= 0.6 is 11.8 Å². The maximum Gasteiger partial charge on any atom is 0.501 e. The lowest BCUT2D eigenvalue weighted by Gasteiger charge is -2.20. The van der Waals surface area contributed by atoms with Crippen molar-refractivity contribution in [1.29, 1.82) is 0 Å².